The van der Waals surface area contributed by atoms with Crippen molar-refractivity contribution in [2.24, 2.45) is 5.92 Å². The maximum absolute atomic E-state index is 4.73. The number of piperidine rings is 1. The van der Waals surface area contributed by atoms with Gasteiger partial charge in [-0.05, 0) is 49.8 Å². The van der Waals surface area contributed by atoms with E-state index in [0.717, 1.165) is 42.6 Å². The summed E-state index contributed by atoms with van der Waals surface area (Å²) in [4.78, 5) is 11.7. The van der Waals surface area contributed by atoms with Gasteiger partial charge in [0.1, 0.15) is 5.82 Å². The van der Waals surface area contributed by atoms with Crippen LogP contribution in [-0.4, -0.2) is 23.1 Å². The van der Waals surface area contributed by atoms with Crippen molar-refractivity contribution in [3.63, 3.8) is 0 Å². The summed E-state index contributed by atoms with van der Waals surface area (Å²) in [7, 11) is 0. The highest BCUT2D eigenvalue weighted by atomic mass is 15.2. The molecule has 1 N–H and O–H groups in total. The van der Waals surface area contributed by atoms with Crippen molar-refractivity contribution in [3.05, 3.63) is 41.6 Å². The molecule has 0 aliphatic carbocycles. The van der Waals surface area contributed by atoms with Crippen molar-refractivity contribution in [2.75, 3.05) is 23.3 Å². The van der Waals surface area contributed by atoms with Crippen molar-refractivity contribution in [2.45, 2.75) is 40.0 Å². The van der Waals surface area contributed by atoms with Crippen LogP contribution in [0.15, 0.2) is 30.3 Å². The summed E-state index contributed by atoms with van der Waals surface area (Å²) < 4.78 is 0. The van der Waals surface area contributed by atoms with Crippen LogP contribution in [-0.2, 0) is 6.42 Å². The minimum absolute atomic E-state index is 0.683. The molecule has 1 fully saturated rings. The van der Waals surface area contributed by atoms with Crippen LogP contribution >= 0.6 is 0 Å². The number of nitrogens with zero attached hydrogens (tertiary/aromatic N) is 3. The third-order valence-electron chi connectivity index (χ3n) is 4.44. The van der Waals surface area contributed by atoms with Crippen LogP contribution in [0.5, 0.6) is 0 Å². The first kappa shape index (κ1) is 15.8. The van der Waals surface area contributed by atoms with Gasteiger partial charge in [-0.1, -0.05) is 26.0 Å². The molecule has 2 aromatic rings. The summed E-state index contributed by atoms with van der Waals surface area (Å²) in [6.45, 7) is 8.68. The van der Waals surface area contributed by atoms with Gasteiger partial charge in [0.05, 0.1) is 0 Å². The fourth-order valence-corrected chi connectivity index (χ4v) is 3.12. The van der Waals surface area contributed by atoms with Gasteiger partial charge in [-0.3, -0.25) is 0 Å². The van der Waals surface area contributed by atoms with E-state index in [9.17, 15) is 0 Å². The van der Waals surface area contributed by atoms with E-state index in [0.29, 0.717) is 5.95 Å². The summed E-state index contributed by atoms with van der Waals surface area (Å²) in [5, 5.41) is 3.34. The van der Waals surface area contributed by atoms with Crippen LogP contribution in [0.1, 0.15) is 37.9 Å². The number of aromatic nitrogens is 2. The van der Waals surface area contributed by atoms with Gasteiger partial charge in [0.2, 0.25) is 5.95 Å². The average molecular weight is 310 g/mol. The average Bonchev–Trinajstić information content (AvgIpc) is 2.55. The zero-order valence-electron chi connectivity index (χ0n) is 14.3. The molecule has 4 heteroatoms. The van der Waals surface area contributed by atoms with E-state index in [-0.39, 0.29) is 0 Å². The molecule has 0 radical (unpaired) electrons. The smallest absolute Gasteiger partial charge is 0.229 e. The molecular weight excluding hydrogens is 284 g/mol. The monoisotopic (exact) mass is 310 g/mol. The van der Waals surface area contributed by atoms with Crippen molar-refractivity contribution in [1.82, 2.24) is 9.97 Å². The first-order chi connectivity index (χ1) is 11.1. The van der Waals surface area contributed by atoms with Gasteiger partial charge < -0.3 is 10.2 Å². The third kappa shape index (κ3) is 4.01. The van der Waals surface area contributed by atoms with Crippen molar-refractivity contribution >= 4 is 17.5 Å². The van der Waals surface area contributed by atoms with E-state index in [1.165, 1.54) is 18.4 Å². The van der Waals surface area contributed by atoms with Crippen molar-refractivity contribution < 1.29 is 0 Å². The first-order valence-electron chi connectivity index (χ1n) is 8.60. The molecule has 1 aromatic carbocycles. The molecule has 2 heterocycles. The van der Waals surface area contributed by atoms with Crippen LogP contribution in [0, 0.1) is 12.8 Å². The quantitative estimate of drug-likeness (QED) is 0.912. The molecule has 0 amide bonds. The Morgan fingerprint density at radius 3 is 2.70 bits per heavy atom. The van der Waals surface area contributed by atoms with Crippen molar-refractivity contribution in [3.8, 4) is 0 Å². The van der Waals surface area contributed by atoms with E-state index in [1.54, 1.807) is 0 Å². The minimum atomic E-state index is 0.683. The van der Waals surface area contributed by atoms with Crippen molar-refractivity contribution in [1.29, 1.82) is 0 Å². The molecule has 0 bridgehead atoms. The summed E-state index contributed by atoms with van der Waals surface area (Å²) in [6, 6.07) is 10.6. The Hall–Kier alpha value is -2.10. The fourth-order valence-electron chi connectivity index (χ4n) is 3.12. The lowest BCUT2D eigenvalue weighted by Crippen LogP contribution is -2.35. The van der Waals surface area contributed by atoms with E-state index in [4.69, 9.17) is 4.98 Å². The Bertz CT molecular complexity index is 651. The molecule has 3 rings (SSSR count). The molecule has 1 atom stereocenters. The number of anilines is 3. The second-order valence-corrected chi connectivity index (χ2v) is 6.56. The third-order valence-corrected chi connectivity index (χ3v) is 4.44. The lowest BCUT2D eigenvalue weighted by molar-refractivity contribution is 0.444. The predicted octanol–water partition coefficient (Wildman–Crippen LogP) is 4.33. The molecule has 4 nitrogen and oxygen atoms in total. The van der Waals surface area contributed by atoms with Crippen LogP contribution in [0.25, 0.3) is 0 Å². The van der Waals surface area contributed by atoms with E-state index in [2.05, 4.69) is 59.4 Å². The largest absolute Gasteiger partial charge is 0.356 e. The number of hydrogen-bond acceptors (Lipinski definition) is 4. The Balaban J connectivity index is 1.79. The van der Waals surface area contributed by atoms with Gasteiger partial charge in [-0.25, -0.2) is 4.98 Å². The van der Waals surface area contributed by atoms with Gasteiger partial charge in [0.15, 0.2) is 0 Å². The van der Waals surface area contributed by atoms with Crippen LogP contribution in [0.4, 0.5) is 17.5 Å². The van der Waals surface area contributed by atoms with Crippen LogP contribution < -0.4 is 10.2 Å². The number of rotatable bonds is 4. The molecule has 1 aliphatic heterocycles. The Kier molecular flexibility index (Phi) is 4.79. The molecule has 0 saturated carbocycles. The standard InChI is InChI=1S/C19H26N4/c1-4-16-7-9-17(10-8-16)21-19-20-15(3)12-18(22-19)23-11-5-6-14(2)13-23/h7-10,12,14H,4-6,11,13H2,1-3H3,(H,20,21,22). The number of benzene rings is 1. The van der Waals surface area contributed by atoms with Gasteiger partial charge in [-0.2, -0.15) is 4.98 Å². The summed E-state index contributed by atoms with van der Waals surface area (Å²) in [5.74, 6) is 2.45. The Morgan fingerprint density at radius 2 is 2.00 bits per heavy atom. The summed E-state index contributed by atoms with van der Waals surface area (Å²) >= 11 is 0. The van der Waals surface area contributed by atoms with E-state index >= 15 is 0 Å². The second-order valence-electron chi connectivity index (χ2n) is 6.56. The zero-order valence-corrected chi connectivity index (χ0v) is 14.3. The van der Waals surface area contributed by atoms with Crippen LogP contribution in [0.2, 0.25) is 0 Å². The number of nitrogens with one attached hydrogen (secondary N) is 1. The van der Waals surface area contributed by atoms with Crippen LogP contribution in [0.3, 0.4) is 0 Å². The Morgan fingerprint density at radius 1 is 1.22 bits per heavy atom. The molecular formula is C19H26N4. The molecule has 1 unspecified atom stereocenters. The lowest BCUT2D eigenvalue weighted by atomic mass is 10.0. The van der Waals surface area contributed by atoms with E-state index in [1.807, 2.05) is 6.92 Å². The molecule has 23 heavy (non-hydrogen) atoms. The van der Waals surface area contributed by atoms with Gasteiger partial charge in [0.25, 0.3) is 0 Å². The lowest BCUT2D eigenvalue weighted by Gasteiger charge is -2.32. The first-order valence-corrected chi connectivity index (χ1v) is 8.60. The molecule has 0 spiro atoms. The second kappa shape index (κ2) is 6.99. The van der Waals surface area contributed by atoms with Gasteiger partial charge >= 0.3 is 0 Å². The normalized spacial score (nSPS) is 18.0. The Labute approximate surface area is 139 Å². The van der Waals surface area contributed by atoms with E-state index < -0.39 is 0 Å². The minimum Gasteiger partial charge on any atom is -0.356 e. The molecule has 1 aliphatic rings. The maximum Gasteiger partial charge on any atom is 0.229 e. The molecule has 122 valence electrons. The molecule has 1 saturated heterocycles. The topological polar surface area (TPSA) is 41.1 Å². The molecule has 1 aromatic heterocycles. The highest BCUT2D eigenvalue weighted by Gasteiger charge is 2.18. The SMILES string of the molecule is CCc1ccc(Nc2nc(C)cc(N3CCCC(C)C3)n2)cc1. The highest BCUT2D eigenvalue weighted by Crippen LogP contribution is 2.23. The zero-order chi connectivity index (χ0) is 16.2. The number of hydrogen-bond donors (Lipinski definition) is 1. The summed E-state index contributed by atoms with van der Waals surface area (Å²) in [6.07, 6.45) is 3.61. The fraction of sp³-hybridized carbons (Fsp3) is 0.474. The predicted molar refractivity (Wildman–Crippen MR) is 96.5 cm³/mol. The highest BCUT2D eigenvalue weighted by molar-refractivity contribution is 5.56. The van der Waals surface area contributed by atoms with Gasteiger partial charge in [-0.15, -0.1) is 0 Å². The number of aryl methyl sites for hydroxylation is 2. The summed E-state index contributed by atoms with van der Waals surface area (Å²) in [5.41, 5.74) is 3.37. The van der Waals surface area contributed by atoms with Gasteiger partial charge in [0, 0.05) is 30.5 Å². The maximum atomic E-state index is 4.73.